The van der Waals surface area contributed by atoms with Gasteiger partial charge in [0.15, 0.2) is 0 Å². The van der Waals surface area contributed by atoms with Gasteiger partial charge in [0.2, 0.25) is 0 Å². The Hall–Kier alpha value is -2.11. The van der Waals surface area contributed by atoms with E-state index in [9.17, 15) is 9.59 Å². The monoisotopic (exact) mass is 279 g/mol. The third-order valence-electron chi connectivity index (χ3n) is 3.07. The first kappa shape index (κ1) is 15.9. The van der Waals surface area contributed by atoms with Crippen LogP contribution in [0.1, 0.15) is 35.0 Å². The number of amides is 1. The molecule has 0 bridgehead atoms. The third-order valence-corrected chi connectivity index (χ3v) is 3.07. The largest absolute Gasteiger partial charge is 0.469 e. The summed E-state index contributed by atoms with van der Waals surface area (Å²) in [4.78, 5) is 29.1. The summed E-state index contributed by atoms with van der Waals surface area (Å²) in [6, 6.07) is 1.82. The van der Waals surface area contributed by atoms with Gasteiger partial charge in [-0.3, -0.25) is 9.59 Å². The van der Waals surface area contributed by atoms with Crippen molar-refractivity contribution in [1.29, 1.82) is 0 Å². The summed E-state index contributed by atoms with van der Waals surface area (Å²) < 4.78 is 4.63. The number of anilines is 1. The molecule has 0 atom stereocenters. The average molecular weight is 279 g/mol. The molecule has 110 valence electrons. The summed E-state index contributed by atoms with van der Waals surface area (Å²) in [6.07, 6.45) is 0.233. The molecular weight excluding hydrogens is 258 g/mol. The van der Waals surface area contributed by atoms with E-state index in [-0.39, 0.29) is 12.4 Å². The van der Waals surface area contributed by atoms with Crippen LogP contribution in [0.3, 0.4) is 0 Å². The Morgan fingerprint density at radius 2 is 2.05 bits per heavy atom. The molecule has 0 aromatic carbocycles. The smallest absolute Gasteiger partial charge is 0.307 e. The minimum absolute atomic E-state index is 0.233. The number of methoxy groups -OCH3 is 1. The zero-order valence-corrected chi connectivity index (χ0v) is 12.4. The number of esters is 1. The molecule has 1 aromatic rings. The topological polar surface area (TPSA) is 85.5 Å². The molecule has 0 unspecified atom stereocenters. The highest BCUT2D eigenvalue weighted by atomic mass is 16.5. The molecule has 6 nitrogen and oxygen atoms in total. The molecule has 0 saturated heterocycles. The zero-order chi connectivity index (χ0) is 15.3. The second-order valence-electron chi connectivity index (χ2n) is 4.55. The van der Waals surface area contributed by atoms with Crippen LogP contribution < -0.4 is 10.6 Å². The number of nitrogens with zero attached hydrogens (tertiary/aromatic N) is 2. The van der Waals surface area contributed by atoms with Gasteiger partial charge < -0.3 is 15.4 Å². The Morgan fingerprint density at radius 1 is 1.40 bits per heavy atom. The number of primary amides is 1. The number of carbonyl (C=O) groups is 2. The maximum atomic E-state index is 11.6. The van der Waals surface area contributed by atoms with Gasteiger partial charge in [0, 0.05) is 18.8 Å². The predicted octanol–water partition coefficient (Wildman–Crippen LogP) is 1.19. The second kappa shape index (κ2) is 6.88. The van der Waals surface area contributed by atoms with E-state index in [2.05, 4.69) is 9.72 Å². The van der Waals surface area contributed by atoms with Crippen molar-refractivity contribution in [3.8, 4) is 0 Å². The first-order chi connectivity index (χ1) is 9.40. The molecule has 1 amide bonds. The predicted molar refractivity (Wildman–Crippen MR) is 76.7 cm³/mol. The Balaban J connectivity index is 3.13. The fourth-order valence-electron chi connectivity index (χ4n) is 2.09. The van der Waals surface area contributed by atoms with Crippen LogP contribution in [0.4, 0.5) is 5.82 Å². The van der Waals surface area contributed by atoms with Crippen LogP contribution in [-0.4, -0.2) is 37.1 Å². The lowest BCUT2D eigenvalue weighted by Crippen LogP contribution is -2.30. The molecule has 20 heavy (non-hydrogen) atoms. The van der Waals surface area contributed by atoms with E-state index in [1.165, 1.54) is 7.11 Å². The van der Waals surface area contributed by atoms with Gasteiger partial charge in [-0.15, -0.1) is 0 Å². The molecule has 1 rings (SSSR count). The van der Waals surface area contributed by atoms with Crippen molar-refractivity contribution >= 4 is 17.7 Å². The third kappa shape index (κ3) is 3.69. The van der Waals surface area contributed by atoms with E-state index >= 15 is 0 Å². The Bertz CT molecular complexity index is 515. The lowest BCUT2D eigenvalue weighted by Gasteiger charge is -2.24. The van der Waals surface area contributed by atoms with E-state index in [0.717, 1.165) is 11.3 Å². The van der Waals surface area contributed by atoms with Crippen LogP contribution in [0.5, 0.6) is 0 Å². The summed E-state index contributed by atoms with van der Waals surface area (Å²) in [5, 5.41) is 0. The summed E-state index contributed by atoms with van der Waals surface area (Å²) >= 11 is 0. The maximum Gasteiger partial charge on any atom is 0.307 e. The van der Waals surface area contributed by atoms with E-state index in [0.29, 0.717) is 24.5 Å². The van der Waals surface area contributed by atoms with E-state index < -0.39 is 5.91 Å². The molecule has 2 N–H and O–H groups in total. The molecule has 6 heteroatoms. The number of aryl methyl sites for hydroxylation is 2. The van der Waals surface area contributed by atoms with Gasteiger partial charge in [-0.25, -0.2) is 4.98 Å². The summed E-state index contributed by atoms with van der Waals surface area (Å²) in [5.41, 5.74) is 7.44. The normalized spacial score (nSPS) is 10.2. The van der Waals surface area contributed by atoms with Crippen LogP contribution in [0.25, 0.3) is 0 Å². The van der Waals surface area contributed by atoms with Crippen LogP contribution >= 0.6 is 0 Å². The Labute approximate surface area is 118 Å². The van der Waals surface area contributed by atoms with Crippen LogP contribution in [0, 0.1) is 13.8 Å². The maximum absolute atomic E-state index is 11.6. The highest BCUT2D eigenvalue weighted by Crippen LogP contribution is 2.22. The SMILES string of the molecule is CCN(CCC(=O)OC)c1nc(C)cc(C)c1C(N)=O. The number of nitrogens with two attached hydrogens (primary N) is 1. The molecule has 0 saturated carbocycles. The summed E-state index contributed by atoms with van der Waals surface area (Å²) in [7, 11) is 1.35. The van der Waals surface area contributed by atoms with Gasteiger partial charge in [0.25, 0.3) is 5.91 Å². The minimum atomic E-state index is -0.512. The summed E-state index contributed by atoms with van der Waals surface area (Å²) in [5.74, 6) is -0.281. The van der Waals surface area contributed by atoms with E-state index in [4.69, 9.17) is 5.73 Å². The number of rotatable bonds is 6. The van der Waals surface area contributed by atoms with Crippen molar-refractivity contribution in [3.05, 3.63) is 22.9 Å². The lowest BCUT2D eigenvalue weighted by molar-refractivity contribution is -0.140. The minimum Gasteiger partial charge on any atom is -0.469 e. The Morgan fingerprint density at radius 3 is 2.55 bits per heavy atom. The zero-order valence-electron chi connectivity index (χ0n) is 12.4. The standard InChI is InChI=1S/C14H21N3O3/c1-5-17(7-6-11(18)20-4)14-12(13(15)19)9(2)8-10(3)16-14/h8H,5-7H2,1-4H3,(H2,15,19). The van der Waals surface area contributed by atoms with Gasteiger partial charge in [-0.2, -0.15) is 0 Å². The molecule has 0 spiro atoms. The number of ether oxygens (including phenoxy) is 1. The van der Waals surface area contributed by atoms with E-state index in [1.54, 1.807) is 0 Å². The Kier molecular flexibility index (Phi) is 5.49. The number of aromatic nitrogens is 1. The van der Waals surface area contributed by atoms with Crippen molar-refractivity contribution in [2.75, 3.05) is 25.1 Å². The first-order valence-corrected chi connectivity index (χ1v) is 6.50. The quantitative estimate of drug-likeness (QED) is 0.790. The second-order valence-corrected chi connectivity index (χ2v) is 4.55. The highest BCUT2D eigenvalue weighted by molar-refractivity contribution is 5.99. The number of carbonyl (C=O) groups excluding carboxylic acids is 2. The van der Waals surface area contributed by atoms with Crippen molar-refractivity contribution in [3.63, 3.8) is 0 Å². The van der Waals surface area contributed by atoms with Crippen molar-refractivity contribution in [1.82, 2.24) is 4.98 Å². The first-order valence-electron chi connectivity index (χ1n) is 6.50. The molecule has 0 fully saturated rings. The molecular formula is C14H21N3O3. The molecule has 1 heterocycles. The fourth-order valence-corrected chi connectivity index (χ4v) is 2.09. The lowest BCUT2D eigenvalue weighted by atomic mass is 10.1. The molecule has 0 aliphatic rings. The molecule has 0 radical (unpaired) electrons. The van der Waals surface area contributed by atoms with Crippen molar-refractivity contribution < 1.29 is 14.3 Å². The van der Waals surface area contributed by atoms with Crippen molar-refractivity contribution in [2.24, 2.45) is 5.73 Å². The molecule has 1 aromatic heterocycles. The average Bonchev–Trinajstić information content (AvgIpc) is 2.37. The van der Waals surface area contributed by atoms with Gasteiger partial charge in [-0.05, 0) is 32.4 Å². The van der Waals surface area contributed by atoms with Gasteiger partial charge in [0.05, 0.1) is 19.1 Å². The van der Waals surface area contributed by atoms with Gasteiger partial charge in [0.1, 0.15) is 5.82 Å². The van der Waals surface area contributed by atoms with Crippen LogP contribution in [0.15, 0.2) is 6.07 Å². The fraction of sp³-hybridized carbons (Fsp3) is 0.500. The van der Waals surface area contributed by atoms with Gasteiger partial charge >= 0.3 is 5.97 Å². The number of hydrogen-bond donors (Lipinski definition) is 1. The number of pyridine rings is 1. The summed E-state index contributed by atoms with van der Waals surface area (Å²) in [6.45, 7) is 6.66. The highest BCUT2D eigenvalue weighted by Gasteiger charge is 2.19. The van der Waals surface area contributed by atoms with Gasteiger partial charge in [-0.1, -0.05) is 0 Å². The van der Waals surface area contributed by atoms with Crippen molar-refractivity contribution in [2.45, 2.75) is 27.2 Å². The van der Waals surface area contributed by atoms with Crippen LogP contribution in [0.2, 0.25) is 0 Å². The molecule has 0 aliphatic heterocycles. The molecule has 0 aliphatic carbocycles. The number of hydrogen-bond acceptors (Lipinski definition) is 5. The van der Waals surface area contributed by atoms with E-state index in [1.807, 2.05) is 31.7 Å². The van der Waals surface area contributed by atoms with Crippen LogP contribution in [-0.2, 0) is 9.53 Å².